The predicted molar refractivity (Wildman–Crippen MR) is 73.6 cm³/mol. The fourth-order valence-corrected chi connectivity index (χ4v) is 3.23. The van der Waals surface area contributed by atoms with Gasteiger partial charge < -0.3 is 5.73 Å². The highest BCUT2D eigenvalue weighted by Gasteiger charge is 2.19. The van der Waals surface area contributed by atoms with E-state index in [4.69, 9.17) is 11.0 Å². The molecule has 0 amide bonds. The summed E-state index contributed by atoms with van der Waals surface area (Å²) in [6.07, 6.45) is 0. The highest BCUT2D eigenvalue weighted by atomic mass is 32.2. The lowest BCUT2D eigenvalue weighted by Crippen LogP contribution is -2.33. The van der Waals surface area contributed by atoms with Crippen LogP contribution in [0.25, 0.3) is 0 Å². The van der Waals surface area contributed by atoms with Gasteiger partial charge in [0.25, 0.3) is 0 Å². The zero-order chi connectivity index (χ0) is 15.4. The summed E-state index contributed by atoms with van der Waals surface area (Å²) in [7, 11) is -6.25. The molecule has 8 nitrogen and oxygen atoms in total. The zero-order valence-electron chi connectivity index (χ0n) is 10.6. The molecule has 0 radical (unpaired) electrons. The molecule has 0 heterocycles. The van der Waals surface area contributed by atoms with Gasteiger partial charge in [0.05, 0.1) is 16.2 Å². The van der Waals surface area contributed by atoms with Crippen LogP contribution in [0.5, 0.6) is 0 Å². The molecular weight excluding hydrogens is 304 g/mol. The molecule has 110 valence electrons. The molecule has 4 N–H and O–H groups in total. The Morgan fingerprint density at radius 2 is 1.95 bits per heavy atom. The lowest BCUT2D eigenvalue weighted by atomic mass is 10.2. The Balaban J connectivity index is 2.94. The van der Waals surface area contributed by atoms with E-state index in [0.29, 0.717) is 0 Å². The molecule has 0 aromatic heterocycles. The Hall–Kier alpha value is -1.67. The van der Waals surface area contributed by atoms with E-state index in [9.17, 15) is 16.8 Å². The van der Waals surface area contributed by atoms with Gasteiger partial charge in [-0.05, 0) is 25.2 Å². The Morgan fingerprint density at radius 1 is 1.30 bits per heavy atom. The summed E-state index contributed by atoms with van der Waals surface area (Å²) in [5.74, 6) is -0.403. The van der Waals surface area contributed by atoms with Crippen molar-refractivity contribution >= 4 is 25.7 Å². The van der Waals surface area contributed by atoms with E-state index < -0.39 is 25.8 Å². The van der Waals surface area contributed by atoms with Crippen molar-refractivity contribution in [3.63, 3.8) is 0 Å². The van der Waals surface area contributed by atoms with Gasteiger partial charge in [0, 0.05) is 12.2 Å². The number of anilines is 1. The van der Waals surface area contributed by atoms with Crippen molar-refractivity contribution < 1.29 is 16.8 Å². The molecule has 0 aliphatic rings. The van der Waals surface area contributed by atoms with Crippen molar-refractivity contribution in [1.29, 1.82) is 5.26 Å². The number of rotatable bonds is 6. The number of nitriles is 1. The van der Waals surface area contributed by atoms with Crippen LogP contribution in [0.15, 0.2) is 23.1 Å². The van der Waals surface area contributed by atoms with E-state index in [1.807, 2.05) is 0 Å². The van der Waals surface area contributed by atoms with Crippen LogP contribution in [-0.2, 0) is 20.0 Å². The molecule has 0 fully saturated rings. The zero-order valence-corrected chi connectivity index (χ0v) is 12.3. The molecular formula is C10H14N4O4S2. The van der Waals surface area contributed by atoms with E-state index in [2.05, 4.69) is 9.44 Å². The van der Waals surface area contributed by atoms with Gasteiger partial charge >= 0.3 is 0 Å². The smallest absolute Gasteiger partial charge is 0.241 e. The van der Waals surface area contributed by atoms with E-state index in [1.165, 1.54) is 25.2 Å². The molecule has 1 aromatic carbocycles. The maximum absolute atomic E-state index is 12.0. The summed E-state index contributed by atoms with van der Waals surface area (Å²) in [6, 6.07) is 5.51. The first-order valence-corrected chi connectivity index (χ1v) is 8.56. The topological polar surface area (TPSA) is 142 Å². The number of benzene rings is 1. The summed E-state index contributed by atoms with van der Waals surface area (Å²) >= 11 is 0. The molecule has 0 aliphatic heterocycles. The first kappa shape index (κ1) is 16.4. The largest absolute Gasteiger partial charge is 0.399 e. The third-order valence-corrected chi connectivity index (χ3v) is 5.27. The second kappa shape index (κ2) is 6.19. The maximum Gasteiger partial charge on any atom is 0.241 e. The van der Waals surface area contributed by atoms with Crippen LogP contribution in [0, 0.1) is 11.3 Å². The molecule has 0 saturated heterocycles. The Morgan fingerprint density at radius 3 is 2.50 bits per heavy atom. The Labute approximate surface area is 117 Å². The molecule has 10 heteroatoms. The lowest BCUT2D eigenvalue weighted by molar-refractivity contribution is 0.578. The van der Waals surface area contributed by atoms with Crippen LogP contribution < -0.4 is 15.2 Å². The second-order valence-electron chi connectivity index (χ2n) is 3.79. The van der Waals surface area contributed by atoms with E-state index >= 15 is 0 Å². The van der Waals surface area contributed by atoms with Crippen molar-refractivity contribution in [1.82, 2.24) is 9.44 Å². The third-order valence-electron chi connectivity index (χ3n) is 2.39. The monoisotopic (exact) mass is 318 g/mol. The minimum absolute atomic E-state index is 0.103. The van der Waals surface area contributed by atoms with Crippen LogP contribution in [0.4, 0.5) is 5.69 Å². The van der Waals surface area contributed by atoms with Gasteiger partial charge in [-0.3, -0.25) is 0 Å². The molecule has 20 heavy (non-hydrogen) atoms. The predicted octanol–water partition coefficient (Wildman–Crippen LogP) is -1.03. The molecule has 0 aliphatic carbocycles. The summed E-state index contributed by atoms with van der Waals surface area (Å²) < 4.78 is 50.5. The molecule has 0 atom stereocenters. The average Bonchev–Trinajstić information content (AvgIpc) is 2.37. The van der Waals surface area contributed by atoms with Crippen molar-refractivity contribution in [2.75, 3.05) is 25.1 Å². The van der Waals surface area contributed by atoms with Gasteiger partial charge in [0.15, 0.2) is 0 Å². The molecule has 1 aromatic rings. The fourth-order valence-electron chi connectivity index (χ4n) is 1.36. The number of nitrogen functional groups attached to an aromatic ring is 1. The van der Waals surface area contributed by atoms with Gasteiger partial charge in [-0.1, -0.05) is 0 Å². The average molecular weight is 318 g/mol. The molecule has 0 bridgehead atoms. The van der Waals surface area contributed by atoms with Crippen molar-refractivity contribution in [3.8, 4) is 6.07 Å². The summed E-state index contributed by atoms with van der Waals surface area (Å²) in [5, 5.41) is 8.90. The van der Waals surface area contributed by atoms with Crippen molar-refractivity contribution in [2.24, 2.45) is 0 Å². The van der Waals surface area contributed by atoms with Gasteiger partial charge in [0.2, 0.25) is 20.0 Å². The number of nitrogens with one attached hydrogen (secondary N) is 2. The third kappa shape index (κ3) is 4.17. The summed E-state index contributed by atoms with van der Waals surface area (Å²) in [4.78, 5) is -0.240. The number of hydrogen-bond donors (Lipinski definition) is 3. The van der Waals surface area contributed by atoms with Crippen LogP contribution in [-0.4, -0.2) is 36.2 Å². The highest BCUT2D eigenvalue weighted by molar-refractivity contribution is 7.90. The van der Waals surface area contributed by atoms with Gasteiger partial charge in [-0.15, -0.1) is 0 Å². The van der Waals surface area contributed by atoms with Gasteiger partial charge in [-0.2, -0.15) is 5.26 Å². The quantitative estimate of drug-likeness (QED) is 0.572. The minimum atomic E-state index is -3.97. The number of sulfonamides is 2. The number of hydrogen-bond acceptors (Lipinski definition) is 6. The van der Waals surface area contributed by atoms with Crippen LogP contribution in [0.1, 0.15) is 5.56 Å². The second-order valence-corrected chi connectivity index (χ2v) is 7.57. The Bertz CT molecular complexity index is 735. The summed E-state index contributed by atoms with van der Waals surface area (Å²) in [6.45, 7) is -0.305. The molecule has 1 rings (SSSR count). The summed E-state index contributed by atoms with van der Waals surface area (Å²) in [5.41, 5.74) is 5.63. The van der Waals surface area contributed by atoms with E-state index in [-0.39, 0.29) is 22.7 Å². The molecule has 0 saturated carbocycles. The standard InChI is InChI=1S/C10H14N4O4S2/c1-13-19(15,16)5-4-14-20(17,18)10-3-2-9(12)6-8(10)7-11/h2-3,6,13-14H,4-5,12H2,1H3. The van der Waals surface area contributed by atoms with Gasteiger partial charge in [-0.25, -0.2) is 26.3 Å². The molecule has 0 unspecified atom stereocenters. The van der Waals surface area contributed by atoms with Crippen LogP contribution >= 0.6 is 0 Å². The maximum atomic E-state index is 12.0. The number of nitrogens with zero attached hydrogens (tertiary/aromatic N) is 1. The Kier molecular flexibility index (Phi) is 5.07. The minimum Gasteiger partial charge on any atom is -0.399 e. The molecule has 0 spiro atoms. The van der Waals surface area contributed by atoms with Crippen molar-refractivity contribution in [2.45, 2.75) is 4.90 Å². The van der Waals surface area contributed by atoms with E-state index in [1.54, 1.807) is 6.07 Å². The fraction of sp³-hybridized carbons (Fsp3) is 0.300. The highest BCUT2D eigenvalue weighted by Crippen LogP contribution is 2.17. The normalized spacial score (nSPS) is 12.0. The van der Waals surface area contributed by atoms with Crippen LogP contribution in [0.3, 0.4) is 0 Å². The first-order valence-electron chi connectivity index (χ1n) is 5.42. The lowest BCUT2D eigenvalue weighted by Gasteiger charge is -2.08. The van der Waals surface area contributed by atoms with E-state index in [0.717, 1.165) is 0 Å². The van der Waals surface area contributed by atoms with Crippen LogP contribution in [0.2, 0.25) is 0 Å². The van der Waals surface area contributed by atoms with Gasteiger partial charge in [0.1, 0.15) is 6.07 Å². The first-order chi connectivity index (χ1) is 9.22. The SMILES string of the molecule is CNS(=O)(=O)CCNS(=O)(=O)c1ccc(N)cc1C#N. The van der Waals surface area contributed by atoms with Crippen molar-refractivity contribution in [3.05, 3.63) is 23.8 Å². The number of nitrogens with two attached hydrogens (primary N) is 1.